The molecule has 0 spiro atoms. The Labute approximate surface area is 67.2 Å². The molecule has 0 radical (unpaired) electrons. The molecule has 0 aliphatic rings. The number of hydrogen-bond acceptors (Lipinski definition) is 2. The van der Waals surface area contributed by atoms with Crippen molar-refractivity contribution in [2.75, 3.05) is 14.1 Å². The quantitative estimate of drug-likeness (QED) is 0.499. The van der Waals surface area contributed by atoms with Crippen LogP contribution < -0.4 is 0 Å². The molecular weight excluding hydrogens is 113 g/mol. The van der Waals surface area contributed by atoms with Crippen molar-refractivity contribution in [3.05, 3.63) is 0 Å². The molecule has 1 atom stereocenters. The molecule has 0 aliphatic heterocycles. The van der Waals surface area contributed by atoms with Gasteiger partial charge in [0, 0.05) is 0 Å². The first-order valence-corrected chi connectivity index (χ1v) is 2.45. The number of carboxylic acids is 1. The van der Waals surface area contributed by atoms with Gasteiger partial charge in [-0.1, -0.05) is 0 Å². The topological polar surface area (TPSA) is 40.5 Å². The van der Waals surface area contributed by atoms with Gasteiger partial charge in [0.1, 0.15) is 6.04 Å². The summed E-state index contributed by atoms with van der Waals surface area (Å²) in [5.74, 6) is -0.782. The van der Waals surface area contributed by atoms with Gasteiger partial charge in [0.2, 0.25) is 0 Å². The molecule has 0 aromatic heterocycles. The predicted octanol–water partition coefficient (Wildman–Crippen LogP) is -0.627. The van der Waals surface area contributed by atoms with Crippen molar-refractivity contribution in [2.24, 2.45) is 0 Å². The van der Waals surface area contributed by atoms with E-state index in [2.05, 4.69) is 0 Å². The Bertz CT molecular complexity index is 95.0. The predicted molar refractivity (Wildman–Crippen MR) is 37.9 cm³/mol. The zero-order valence-electron chi connectivity index (χ0n) is 5.38. The summed E-state index contributed by atoms with van der Waals surface area (Å²) < 4.78 is 0. The molecule has 0 heterocycles. The molecule has 0 saturated heterocycles. The summed E-state index contributed by atoms with van der Waals surface area (Å²) in [5, 5.41) is 8.31. The van der Waals surface area contributed by atoms with Gasteiger partial charge in [-0.05, 0) is 21.0 Å². The molecule has 0 saturated carbocycles. The van der Waals surface area contributed by atoms with Crippen LogP contribution in [-0.2, 0) is 4.79 Å². The third kappa shape index (κ3) is 4.53. The summed E-state index contributed by atoms with van der Waals surface area (Å²) in [6, 6.07) is -0.380. The fourth-order valence-corrected chi connectivity index (χ4v) is 0.221. The van der Waals surface area contributed by atoms with E-state index in [0.717, 1.165) is 0 Å². The molecule has 0 aromatic carbocycles. The van der Waals surface area contributed by atoms with Crippen LogP contribution in [0.15, 0.2) is 0 Å². The zero-order chi connectivity index (χ0) is 6.73. The number of aliphatic carboxylic acids is 1. The summed E-state index contributed by atoms with van der Waals surface area (Å²) in [6.07, 6.45) is 0. The van der Waals surface area contributed by atoms with Crippen LogP contribution >= 0.6 is 0 Å². The first-order valence-electron chi connectivity index (χ1n) is 2.45. The summed E-state index contributed by atoms with van der Waals surface area (Å²) >= 11 is 0. The Kier molecular flexibility index (Phi) is 6.37. The van der Waals surface area contributed by atoms with E-state index >= 15 is 0 Å². The monoisotopic (exact) mass is 125 g/mol. The van der Waals surface area contributed by atoms with Gasteiger partial charge in [0.25, 0.3) is 0 Å². The minimum atomic E-state index is -0.782. The summed E-state index contributed by atoms with van der Waals surface area (Å²) in [5.41, 5.74) is 0. The fraction of sp³-hybridized carbons (Fsp3) is 0.800. The van der Waals surface area contributed by atoms with Gasteiger partial charge in [-0.25, -0.2) is 0 Å². The maximum atomic E-state index is 10.1. The van der Waals surface area contributed by atoms with Gasteiger partial charge in [-0.3, -0.25) is 9.69 Å². The van der Waals surface area contributed by atoms with E-state index in [-0.39, 0.29) is 24.9 Å². The maximum absolute atomic E-state index is 10.1. The molecular formula is C5H12LiNO2. The number of likely N-dealkylation sites (N-methyl/N-ethyl adjacent to an activating group) is 1. The van der Waals surface area contributed by atoms with Crippen molar-refractivity contribution >= 4 is 24.8 Å². The van der Waals surface area contributed by atoms with Crippen LogP contribution in [0.5, 0.6) is 0 Å². The summed E-state index contributed by atoms with van der Waals surface area (Å²) in [4.78, 5) is 11.7. The molecule has 0 amide bonds. The van der Waals surface area contributed by atoms with Crippen LogP contribution in [-0.4, -0.2) is 55.0 Å². The molecule has 0 aliphatic carbocycles. The van der Waals surface area contributed by atoms with Gasteiger partial charge in [-0.2, -0.15) is 0 Å². The molecule has 0 aromatic rings. The molecule has 4 heteroatoms. The van der Waals surface area contributed by atoms with E-state index in [1.807, 2.05) is 0 Å². The zero-order valence-corrected chi connectivity index (χ0v) is 5.38. The van der Waals surface area contributed by atoms with Crippen molar-refractivity contribution in [3.63, 3.8) is 0 Å². The van der Waals surface area contributed by atoms with Gasteiger partial charge in [0.05, 0.1) is 0 Å². The van der Waals surface area contributed by atoms with Crippen LogP contribution in [0.25, 0.3) is 0 Å². The molecule has 3 nitrogen and oxygen atoms in total. The van der Waals surface area contributed by atoms with Crippen LogP contribution in [0, 0.1) is 0 Å². The van der Waals surface area contributed by atoms with Crippen molar-refractivity contribution in [2.45, 2.75) is 13.0 Å². The third-order valence-electron chi connectivity index (χ3n) is 1.13. The standard InChI is InChI=1S/C5H11NO2.Li.H/c1-4(5(7)8)6(2)3;;/h4H,1-3H3,(H,7,8);;. The molecule has 1 N–H and O–H groups in total. The minimum absolute atomic E-state index is 0. The van der Waals surface area contributed by atoms with Gasteiger partial charge in [-0.15, -0.1) is 0 Å². The van der Waals surface area contributed by atoms with Gasteiger partial charge >= 0.3 is 24.8 Å². The average molecular weight is 125 g/mol. The van der Waals surface area contributed by atoms with Gasteiger partial charge < -0.3 is 5.11 Å². The fourth-order valence-electron chi connectivity index (χ4n) is 0.221. The Morgan fingerprint density at radius 2 is 1.89 bits per heavy atom. The number of carbonyl (C=O) groups is 1. The second-order valence-corrected chi connectivity index (χ2v) is 1.98. The van der Waals surface area contributed by atoms with E-state index in [0.29, 0.717) is 0 Å². The van der Waals surface area contributed by atoms with Crippen LogP contribution in [0.4, 0.5) is 0 Å². The van der Waals surface area contributed by atoms with Crippen LogP contribution in [0.1, 0.15) is 6.92 Å². The molecule has 0 fully saturated rings. The van der Waals surface area contributed by atoms with E-state index < -0.39 is 5.97 Å². The average Bonchev–Trinajstić information content (AvgIpc) is 1.64. The van der Waals surface area contributed by atoms with Crippen molar-refractivity contribution in [3.8, 4) is 0 Å². The van der Waals surface area contributed by atoms with E-state index in [1.54, 1.807) is 25.9 Å². The Hall–Kier alpha value is 0.0274. The van der Waals surface area contributed by atoms with E-state index in [4.69, 9.17) is 5.11 Å². The van der Waals surface area contributed by atoms with Gasteiger partial charge in [0.15, 0.2) is 0 Å². The van der Waals surface area contributed by atoms with Crippen molar-refractivity contribution in [1.82, 2.24) is 4.90 Å². The number of hydrogen-bond donors (Lipinski definition) is 1. The van der Waals surface area contributed by atoms with E-state index in [9.17, 15) is 4.79 Å². The normalized spacial score (nSPS) is 12.4. The molecule has 50 valence electrons. The van der Waals surface area contributed by atoms with Crippen LogP contribution in [0.2, 0.25) is 0 Å². The Morgan fingerprint density at radius 3 is 1.89 bits per heavy atom. The van der Waals surface area contributed by atoms with Crippen molar-refractivity contribution < 1.29 is 9.90 Å². The SMILES string of the molecule is CC(C(=O)O)N(C)C.[LiH]. The second kappa shape index (κ2) is 4.86. The van der Waals surface area contributed by atoms with E-state index in [1.165, 1.54) is 0 Å². The molecule has 0 bridgehead atoms. The second-order valence-electron chi connectivity index (χ2n) is 1.98. The van der Waals surface area contributed by atoms with Crippen LogP contribution in [0.3, 0.4) is 0 Å². The third-order valence-corrected chi connectivity index (χ3v) is 1.13. The number of rotatable bonds is 2. The first-order chi connectivity index (χ1) is 3.55. The summed E-state index contributed by atoms with van der Waals surface area (Å²) in [6.45, 7) is 1.64. The molecule has 1 unspecified atom stereocenters. The summed E-state index contributed by atoms with van der Waals surface area (Å²) in [7, 11) is 3.47. The Balaban J connectivity index is 0. The number of nitrogens with zero attached hydrogens (tertiary/aromatic N) is 1. The Morgan fingerprint density at radius 1 is 1.56 bits per heavy atom. The first kappa shape index (κ1) is 11.8. The van der Waals surface area contributed by atoms with Crippen molar-refractivity contribution in [1.29, 1.82) is 0 Å². The molecule has 0 rings (SSSR count). The number of carboxylic acid groups (broad SMARTS) is 1. The molecule has 9 heavy (non-hydrogen) atoms.